The summed E-state index contributed by atoms with van der Waals surface area (Å²) in [5.74, 6) is -0.507. The number of aliphatic carboxylic acids is 1. The SMILES string of the molecule is CCC1SCC(C(=O)O)N1C(=O)N(CC)CCCO. The second kappa shape index (κ2) is 7.59. The van der Waals surface area contributed by atoms with Crippen LogP contribution in [0.4, 0.5) is 4.79 Å². The third-order valence-electron chi connectivity index (χ3n) is 3.19. The first-order chi connectivity index (χ1) is 9.06. The van der Waals surface area contributed by atoms with Crippen molar-refractivity contribution in [2.75, 3.05) is 25.4 Å². The Morgan fingerprint density at radius 2 is 2.11 bits per heavy atom. The van der Waals surface area contributed by atoms with E-state index >= 15 is 0 Å². The molecule has 7 heteroatoms. The fraction of sp³-hybridized carbons (Fsp3) is 0.833. The van der Waals surface area contributed by atoms with Crippen LogP contribution in [0.1, 0.15) is 26.7 Å². The van der Waals surface area contributed by atoms with Crippen LogP contribution in [0.2, 0.25) is 0 Å². The van der Waals surface area contributed by atoms with Gasteiger partial charge >= 0.3 is 12.0 Å². The molecule has 1 fully saturated rings. The van der Waals surface area contributed by atoms with E-state index < -0.39 is 12.0 Å². The van der Waals surface area contributed by atoms with Crippen LogP contribution in [-0.4, -0.2) is 68.9 Å². The van der Waals surface area contributed by atoms with Gasteiger partial charge < -0.3 is 15.1 Å². The van der Waals surface area contributed by atoms with E-state index in [9.17, 15) is 14.7 Å². The summed E-state index contributed by atoms with van der Waals surface area (Å²) in [5.41, 5.74) is 0. The first-order valence-corrected chi connectivity index (χ1v) is 7.64. The van der Waals surface area contributed by atoms with E-state index in [1.807, 2.05) is 13.8 Å². The van der Waals surface area contributed by atoms with Gasteiger partial charge in [-0.2, -0.15) is 0 Å². The van der Waals surface area contributed by atoms with Crippen molar-refractivity contribution in [2.24, 2.45) is 0 Å². The van der Waals surface area contributed by atoms with Crippen LogP contribution >= 0.6 is 11.8 Å². The van der Waals surface area contributed by atoms with Crippen molar-refractivity contribution in [1.82, 2.24) is 9.80 Å². The zero-order valence-electron chi connectivity index (χ0n) is 11.4. The molecule has 1 heterocycles. The van der Waals surface area contributed by atoms with Gasteiger partial charge in [0, 0.05) is 25.4 Å². The molecule has 0 aromatic carbocycles. The lowest BCUT2D eigenvalue weighted by Gasteiger charge is -2.32. The number of nitrogens with zero attached hydrogens (tertiary/aromatic N) is 2. The van der Waals surface area contributed by atoms with Gasteiger partial charge in [-0.15, -0.1) is 11.8 Å². The number of aliphatic hydroxyl groups is 1. The Morgan fingerprint density at radius 3 is 2.58 bits per heavy atom. The lowest BCUT2D eigenvalue weighted by molar-refractivity contribution is -0.141. The molecule has 0 aromatic heterocycles. The Hall–Kier alpha value is -0.950. The molecular weight excluding hydrogens is 268 g/mol. The second-order valence-electron chi connectivity index (χ2n) is 4.40. The minimum atomic E-state index is -0.949. The lowest BCUT2D eigenvalue weighted by atomic mass is 10.2. The van der Waals surface area contributed by atoms with Gasteiger partial charge in [0.25, 0.3) is 0 Å². The predicted molar refractivity (Wildman–Crippen MR) is 74.1 cm³/mol. The molecule has 0 bridgehead atoms. The van der Waals surface area contributed by atoms with Crippen LogP contribution < -0.4 is 0 Å². The summed E-state index contributed by atoms with van der Waals surface area (Å²) in [6, 6.07) is -0.981. The van der Waals surface area contributed by atoms with Crippen molar-refractivity contribution in [3.8, 4) is 0 Å². The van der Waals surface area contributed by atoms with E-state index in [4.69, 9.17) is 5.11 Å². The Morgan fingerprint density at radius 1 is 1.42 bits per heavy atom. The fourth-order valence-corrected chi connectivity index (χ4v) is 3.48. The van der Waals surface area contributed by atoms with E-state index in [-0.39, 0.29) is 18.0 Å². The summed E-state index contributed by atoms with van der Waals surface area (Å²) in [4.78, 5) is 26.8. The van der Waals surface area contributed by atoms with Gasteiger partial charge in [0.05, 0.1) is 5.37 Å². The van der Waals surface area contributed by atoms with Gasteiger partial charge in [-0.25, -0.2) is 9.59 Å². The van der Waals surface area contributed by atoms with E-state index in [2.05, 4.69) is 0 Å². The molecule has 1 rings (SSSR count). The summed E-state index contributed by atoms with van der Waals surface area (Å²) < 4.78 is 0. The van der Waals surface area contributed by atoms with E-state index in [0.717, 1.165) is 6.42 Å². The third kappa shape index (κ3) is 3.76. The zero-order valence-corrected chi connectivity index (χ0v) is 12.2. The quantitative estimate of drug-likeness (QED) is 0.764. The maximum atomic E-state index is 12.5. The van der Waals surface area contributed by atoms with Crippen LogP contribution in [0.15, 0.2) is 0 Å². The monoisotopic (exact) mass is 290 g/mol. The van der Waals surface area contributed by atoms with Crippen molar-refractivity contribution < 1.29 is 19.8 Å². The maximum absolute atomic E-state index is 12.5. The molecule has 19 heavy (non-hydrogen) atoms. The standard InChI is InChI=1S/C12H22N2O4S/c1-3-10-14(9(8-19-10)11(16)17)12(18)13(4-2)6-5-7-15/h9-10,15H,3-8H2,1-2H3,(H,16,17). The summed E-state index contributed by atoms with van der Waals surface area (Å²) in [5, 5.41) is 18.0. The Labute approximate surface area is 117 Å². The Bertz CT molecular complexity index is 327. The highest BCUT2D eigenvalue weighted by atomic mass is 32.2. The van der Waals surface area contributed by atoms with E-state index in [0.29, 0.717) is 25.3 Å². The van der Waals surface area contributed by atoms with Crippen LogP contribution in [0.25, 0.3) is 0 Å². The molecule has 2 amide bonds. The summed E-state index contributed by atoms with van der Waals surface area (Å²) in [7, 11) is 0. The highest BCUT2D eigenvalue weighted by Gasteiger charge is 2.42. The highest BCUT2D eigenvalue weighted by Crippen LogP contribution is 2.32. The number of rotatable bonds is 6. The van der Waals surface area contributed by atoms with E-state index in [1.165, 1.54) is 16.7 Å². The highest BCUT2D eigenvalue weighted by molar-refractivity contribution is 8.00. The molecule has 2 N–H and O–H groups in total. The number of hydrogen-bond donors (Lipinski definition) is 2. The minimum Gasteiger partial charge on any atom is -0.480 e. The molecular formula is C12H22N2O4S. The molecule has 110 valence electrons. The van der Waals surface area contributed by atoms with Gasteiger partial charge in [0.15, 0.2) is 0 Å². The first-order valence-electron chi connectivity index (χ1n) is 6.59. The molecule has 0 saturated carbocycles. The number of carbonyl (C=O) groups is 2. The Balaban J connectivity index is 2.81. The molecule has 0 radical (unpaired) electrons. The average molecular weight is 290 g/mol. The number of urea groups is 1. The Kier molecular flexibility index (Phi) is 6.44. The van der Waals surface area contributed by atoms with Crippen molar-refractivity contribution in [3.63, 3.8) is 0 Å². The van der Waals surface area contributed by atoms with Gasteiger partial charge in [0.1, 0.15) is 6.04 Å². The smallest absolute Gasteiger partial charge is 0.327 e. The normalized spacial score (nSPS) is 22.6. The second-order valence-corrected chi connectivity index (χ2v) is 5.61. The van der Waals surface area contributed by atoms with Gasteiger partial charge in [0.2, 0.25) is 0 Å². The molecule has 2 atom stereocenters. The van der Waals surface area contributed by atoms with Crippen molar-refractivity contribution in [1.29, 1.82) is 0 Å². The molecule has 1 saturated heterocycles. The number of thioether (sulfide) groups is 1. The van der Waals surface area contributed by atoms with Crippen molar-refractivity contribution in [2.45, 2.75) is 38.1 Å². The fourth-order valence-electron chi connectivity index (χ4n) is 2.14. The molecule has 0 aliphatic carbocycles. The van der Waals surface area contributed by atoms with Gasteiger partial charge in [-0.05, 0) is 19.8 Å². The average Bonchev–Trinajstić information content (AvgIpc) is 2.83. The van der Waals surface area contributed by atoms with Gasteiger partial charge in [-0.3, -0.25) is 4.90 Å². The van der Waals surface area contributed by atoms with Crippen LogP contribution in [0.3, 0.4) is 0 Å². The summed E-state index contributed by atoms with van der Waals surface area (Å²) in [6.45, 7) is 4.80. The molecule has 6 nitrogen and oxygen atoms in total. The minimum absolute atomic E-state index is 0.0259. The van der Waals surface area contributed by atoms with Crippen molar-refractivity contribution >= 4 is 23.8 Å². The number of hydrogen-bond acceptors (Lipinski definition) is 4. The summed E-state index contributed by atoms with van der Waals surface area (Å²) >= 11 is 1.52. The molecule has 0 aromatic rings. The predicted octanol–water partition coefficient (Wildman–Crippen LogP) is 1.05. The van der Waals surface area contributed by atoms with Gasteiger partial charge in [-0.1, -0.05) is 6.92 Å². The summed E-state index contributed by atoms with van der Waals surface area (Å²) in [6.07, 6.45) is 1.24. The third-order valence-corrected chi connectivity index (χ3v) is 4.64. The van der Waals surface area contributed by atoms with Crippen LogP contribution in [0, 0.1) is 0 Å². The zero-order chi connectivity index (χ0) is 14.4. The number of carboxylic acids is 1. The largest absolute Gasteiger partial charge is 0.480 e. The molecule has 1 aliphatic rings. The van der Waals surface area contributed by atoms with Crippen LogP contribution in [0.5, 0.6) is 0 Å². The number of aliphatic hydroxyl groups excluding tert-OH is 1. The number of carbonyl (C=O) groups excluding carboxylic acids is 1. The maximum Gasteiger partial charge on any atom is 0.327 e. The lowest BCUT2D eigenvalue weighted by Crippen LogP contribution is -2.51. The van der Waals surface area contributed by atoms with Crippen LogP contribution in [-0.2, 0) is 4.79 Å². The van der Waals surface area contributed by atoms with E-state index in [1.54, 1.807) is 4.90 Å². The molecule has 2 unspecified atom stereocenters. The molecule has 1 aliphatic heterocycles. The number of carboxylic acid groups (broad SMARTS) is 1. The molecule has 0 spiro atoms. The van der Waals surface area contributed by atoms with Crippen molar-refractivity contribution in [3.05, 3.63) is 0 Å². The first kappa shape index (κ1) is 16.1. The number of amides is 2. The topological polar surface area (TPSA) is 81.1 Å².